The van der Waals surface area contributed by atoms with E-state index in [2.05, 4.69) is 0 Å². The van der Waals surface area contributed by atoms with Gasteiger partial charge in [-0.3, -0.25) is 4.79 Å². The fourth-order valence-corrected chi connectivity index (χ4v) is 1.97. The Morgan fingerprint density at radius 2 is 2.12 bits per heavy atom. The van der Waals surface area contributed by atoms with Crippen LogP contribution in [0.5, 0.6) is 0 Å². The molecule has 0 aromatic heterocycles. The number of piperidine rings is 1. The van der Waals surface area contributed by atoms with E-state index in [1.165, 1.54) is 6.07 Å². The summed E-state index contributed by atoms with van der Waals surface area (Å²) in [5.74, 6) is -1.60. The molecule has 2 nitrogen and oxygen atoms in total. The summed E-state index contributed by atoms with van der Waals surface area (Å²) in [6.07, 6.45) is 0.400. The van der Waals surface area contributed by atoms with E-state index in [1.54, 1.807) is 11.0 Å². The van der Waals surface area contributed by atoms with Gasteiger partial charge in [-0.1, -0.05) is 13.0 Å². The molecule has 0 radical (unpaired) electrons. The van der Waals surface area contributed by atoms with Crippen LogP contribution in [0.15, 0.2) is 18.2 Å². The lowest BCUT2D eigenvalue weighted by molar-refractivity contribution is -0.122. The molecule has 1 aromatic rings. The highest BCUT2D eigenvalue weighted by atomic mass is 19.2. The number of anilines is 1. The highest BCUT2D eigenvalue weighted by Gasteiger charge is 2.25. The molecule has 0 bridgehead atoms. The number of rotatable bonds is 1. The third-order valence-corrected chi connectivity index (χ3v) is 2.94. The first kappa shape index (κ1) is 11.0. The van der Waals surface area contributed by atoms with Crippen molar-refractivity contribution in [2.75, 3.05) is 18.0 Å². The van der Waals surface area contributed by atoms with Crippen LogP contribution in [-0.4, -0.2) is 18.9 Å². The second kappa shape index (κ2) is 4.20. The van der Waals surface area contributed by atoms with Gasteiger partial charge in [-0.15, -0.1) is 0 Å². The van der Waals surface area contributed by atoms with E-state index < -0.39 is 11.6 Å². The fourth-order valence-electron chi connectivity index (χ4n) is 1.97. The molecular weight excluding hydrogens is 212 g/mol. The average molecular weight is 225 g/mol. The minimum absolute atomic E-state index is 0.114. The maximum atomic E-state index is 13.5. The summed E-state index contributed by atoms with van der Waals surface area (Å²) in [7, 11) is 0. The van der Waals surface area contributed by atoms with E-state index >= 15 is 0 Å². The van der Waals surface area contributed by atoms with E-state index in [-0.39, 0.29) is 17.4 Å². The molecule has 0 aliphatic carbocycles. The SMILES string of the molecule is CC1CN(c2cccc(F)c2F)CCC1=O. The fraction of sp³-hybridized carbons (Fsp3) is 0.417. The highest BCUT2D eigenvalue weighted by molar-refractivity contribution is 5.83. The summed E-state index contributed by atoms with van der Waals surface area (Å²) in [6.45, 7) is 2.73. The lowest BCUT2D eigenvalue weighted by Gasteiger charge is -2.32. The van der Waals surface area contributed by atoms with Crippen molar-refractivity contribution in [3.05, 3.63) is 29.8 Å². The minimum atomic E-state index is -0.845. The molecule has 1 atom stereocenters. The topological polar surface area (TPSA) is 20.3 Å². The Bertz CT molecular complexity index is 419. The highest BCUT2D eigenvalue weighted by Crippen LogP contribution is 2.25. The maximum absolute atomic E-state index is 13.5. The number of carbonyl (C=O) groups is 1. The predicted molar refractivity (Wildman–Crippen MR) is 57.4 cm³/mol. The van der Waals surface area contributed by atoms with Crippen molar-refractivity contribution in [3.8, 4) is 0 Å². The van der Waals surface area contributed by atoms with Crippen LogP contribution < -0.4 is 4.90 Å². The summed E-state index contributed by atoms with van der Waals surface area (Å²) in [6, 6.07) is 4.12. The molecule has 0 saturated carbocycles. The number of hydrogen-bond donors (Lipinski definition) is 0. The van der Waals surface area contributed by atoms with Gasteiger partial charge in [0.15, 0.2) is 11.6 Å². The lowest BCUT2D eigenvalue weighted by Crippen LogP contribution is -2.40. The van der Waals surface area contributed by atoms with Crippen molar-refractivity contribution in [2.24, 2.45) is 5.92 Å². The largest absolute Gasteiger partial charge is 0.368 e. The van der Waals surface area contributed by atoms with Gasteiger partial charge in [-0.2, -0.15) is 0 Å². The first-order valence-electron chi connectivity index (χ1n) is 5.31. The van der Waals surface area contributed by atoms with Crippen LogP contribution in [0.4, 0.5) is 14.5 Å². The van der Waals surface area contributed by atoms with Crippen molar-refractivity contribution < 1.29 is 13.6 Å². The number of ketones is 1. The van der Waals surface area contributed by atoms with Gasteiger partial charge in [0.05, 0.1) is 5.69 Å². The lowest BCUT2D eigenvalue weighted by atomic mass is 9.98. The molecule has 0 amide bonds. The van der Waals surface area contributed by atoms with E-state index in [4.69, 9.17) is 0 Å². The number of halogens is 2. The molecule has 1 heterocycles. The standard InChI is InChI=1S/C12H13F2NO/c1-8-7-15(6-5-11(8)16)10-4-2-3-9(13)12(10)14/h2-4,8H,5-7H2,1H3. The molecule has 1 aliphatic heterocycles. The van der Waals surface area contributed by atoms with Gasteiger partial charge < -0.3 is 4.90 Å². The van der Waals surface area contributed by atoms with Crippen LogP contribution in [0, 0.1) is 17.6 Å². The first-order chi connectivity index (χ1) is 7.59. The van der Waals surface area contributed by atoms with Gasteiger partial charge in [0.25, 0.3) is 0 Å². The maximum Gasteiger partial charge on any atom is 0.182 e. The summed E-state index contributed by atoms with van der Waals surface area (Å²) in [5, 5.41) is 0. The van der Waals surface area contributed by atoms with Crippen molar-refractivity contribution in [2.45, 2.75) is 13.3 Å². The van der Waals surface area contributed by atoms with E-state index in [9.17, 15) is 13.6 Å². The van der Waals surface area contributed by atoms with Crippen LogP contribution in [0.2, 0.25) is 0 Å². The Balaban J connectivity index is 2.25. The zero-order valence-corrected chi connectivity index (χ0v) is 9.04. The predicted octanol–water partition coefficient (Wildman–Crippen LogP) is 2.38. The van der Waals surface area contributed by atoms with Crippen molar-refractivity contribution in [3.63, 3.8) is 0 Å². The number of nitrogens with zero attached hydrogens (tertiary/aromatic N) is 1. The van der Waals surface area contributed by atoms with Crippen molar-refractivity contribution in [1.82, 2.24) is 0 Å². The molecule has 4 heteroatoms. The van der Waals surface area contributed by atoms with Crippen LogP contribution >= 0.6 is 0 Å². The first-order valence-corrected chi connectivity index (χ1v) is 5.31. The van der Waals surface area contributed by atoms with Gasteiger partial charge >= 0.3 is 0 Å². The summed E-state index contributed by atoms with van der Waals surface area (Å²) in [5.41, 5.74) is 0.249. The Kier molecular flexibility index (Phi) is 2.90. The zero-order valence-electron chi connectivity index (χ0n) is 9.04. The van der Waals surface area contributed by atoms with Crippen LogP contribution in [0.1, 0.15) is 13.3 Å². The van der Waals surface area contributed by atoms with E-state index in [1.807, 2.05) is 6.92 Å². The molecular formula is C12H13F2NO. The van der Waals surface area contributed by atoms with Gasteiger partial charge in [-0.05, 0) is 12.1 Å². The molecule has 1 saturated heterocycles. The van der Waals surface area contributed by atoms with Gasteiger partial charge in [0.1, 0.15) is 5.78 Å². The summed E-state index contributed by atoms with van der Waals surface area (Å²) < 4.78 is 26.5. The minimum Gasteiger partial charge on any atom is -0.368 e. The summed E-state index contributed by atoms with van der Waals surface area (Å²) >= 11 is 0. The molecule has 86 valence electrons. The quantitative estimate of drug-likeness (QED) is 0.731. The molecule has 1 unspecified atom stereocenters. The summed E-state index contributed by atoms with van der Waals surface area (Å²) in [4.78, 5) is 13.1. The van der Waals surface area contributed by atoms with E-state index in [0.29, 0.717) is 19.5 Å². The van der Waals surface area contributed by atoms with Crippen molar-refractivity contribution in [1.29, 1.82) is 0 Å². The average Bonchev–Trinajstić information content (AvgIpc) is 2.26. The Hall–Kier alpha value is -1.45. The molecule has 1 aromatic carbocycles. The smallest absolute Gasteiger partial charge is 0.182 e. The van der Waals surface area contributed by atoms with Crippen molar-refractivity contribution >= 4 is 11.5 Å². The van der Waals surface area contributed by atoms with Crippen LogP contribution in [0.25, 0.3) is 0 Å². The monoisotopic (exact) mass is 225 g/mol. The second-order valence-corrected chi connectivity index (χ2v) is 4.14. The third kappa shape index (κ3) is 1.92. The second-order valence-electron chi connectivity index (χ2n) is 4.14. The normalized spacial score (nSPS) is 21.3. The molecule has 2 rings (SSSR count). The Morgan fingerprint density at radius 3 is 2.81 bits per heavy atom. The van der Waals surface area contributed by atoms with Crippen LogP contribution in [0.3, 0.4) is 0 Å². The van der Waals surface area contributed by atoms with E-state index in [0.717, 1.165) is 6.07 Å². The number of hydrogen-bond acceptors (Lipinski definition) is 2. The molecule has 0 spiro atoms. The zero-order chi connectivity index (χ0) is 11.7. The molecule has 0 N–H and O–H groups in total. The van der Waals surface area contributed by atoms with Gasteiger partial charge in [-0.25, -0.2) is 8.78 Å². The number of carbonyl (C=O) groups excluding carboxylic acids is 1. The van der Waals surface area contributed by atoms with Crippen LogP contribution in [-0.2, 0) is 4.79 Å². The Labute approximate surface area is 92.9 Å². The Morgan fingerprint density at radius 1 is 1.38 bits per heavy atom. The number of Topliss-reactive ketones (excluding diaryl/α,β-unsaturated/α-hetero) is 1. The number of benzene rings is 1. The molecule has 1 fully saturated rings. The molecule has 1 aliphatic rings. The van der Waals surface area contributed by atoms with Gasteiger partial charge in [0.2, 0.25) is 0 Å². The molecule has 16 heavy (non-hydrogen) atoms. The van der Waals surface area contributed by atoms with Gasteiger partial charge in [0, 0.05) is 25.4 Å². The third-order valence-electron chi connectivity index (χ3n) is 2.94.